The second-order valence-electron chi connectivity index (χ2n) is 8.22. The molecule has 150 valence electrons. The Hall–Kier alpha value is -2.87. The molecule has 0 bridgehead atoms. The van der Waals surface area contributed by atoms with Gasteiger partial charge in [0, 0.05) is 29.8 Å². The molecule has 3 aromatic rings. The summed E-state index contributed by atoms with van der Waals surface area (Å²) in [5, 5.41) is 13.3. The third-order valence-electron chi connectivity index (χ3n) is 6.72. The summed E-state index contributed by atoms with van der Waals surface area (Å²) >= 11 is 6.13. The first-order chi connectivity index (χ1) is 14.6. The van der Waals surface area contributed by atoms with Gasteiger partial charge in [0.2, 0.25) is 6.41 Å². The molecule has 3 aromatic carbocycles. The number of hydrogen-bond donors (Lipinski definition) is 0. The van der Waals surface area contributed by atoms with E-state index in [0.29, 0.717) is 29.6 Å². The number of anilines is 1. The van der Waals surface area contributed by atoms with Crippen LogP contribution in [0.2, 0.25) is 5.02 Å². The molecule has 1 aliphatic heterocycles. The lowest BCUT2D eigenvalue weighted by atomic mass is 9.85. The van der Waals surface area contributed by atoms with E-state index in [1.807, 2.05) is 12.1 Å². The fraction of sp³-hybridized carbons (Fsp3) is 0.280. The summed E-state index contributed by atoms with van der Waals surface area (Å²) in [6.07, 6.45) is 2.99. The molecule has 0 saturated carbocycles. The monoisotopic (exact) mass is 415 g/mol. The van der Waals surface area contributed by atoms with E-state index in [4.69, 9.17) is 11.6 Å². The summed E-state index contributed by atoms with van der Waals surface area (Å²) in [5.74, 6) is 0. The molecular formula is C25H22ClN3O. The Morgan fingerprint density at radius 1 is 1.10 bits per heavy atom. The van der Waals surface area contributed by atoms with Crippen molar-refractivity contribution in [2.24, 2.45) is 0 Å². The smallest absolute Gasteiger partial charge is 0.215 e. The molecule has 1 amide bonds. The Morgan fingerprint density at radius 3 is 2.53 bits per heavy atom. The summed E-state index contributed by atoms with van der Waals surface area (Å²) < 4.78 is 0. The number of carbonyl (C=O) groups excluding carboxylic acids is 1. The molecule has 1 aliphatic carbocycles. The lowest BCUT2D eigenvalue weighted by molar-refractivity contribution is -0.108. The third-order valence-corrected chi connectivity index (χ3v) is 6.96. The zero-order chi connectivity index (χ0) is 20.7. The second-order valence-corrected chi connectivity index (χ2v) is 8.65. The largest absolute Gasteiger partial charge is 0.296 e. The predicted octanol–water partition coefficient (Wildman–Crippen LogP) is 5.11. The van der Waals surface area contributed by atoms with Crippen LogP contribution in [-0.4, -0.2) is 29.9 Å². The number of likely N-dealkylation sites (tertiary alicyclic amines) is 1. The summed E-state index contributed by atoms with van der Waals surface area (Å²) in [6, 6.07) is 23.0. The Kier molecular flexibility index (Phi) is 4.73. The van der Waals surface area contributed by atoms with E-state index in [1.165, 1.54) is 21.9 Å². The average Bonchev–Trinajstić information content (AvgIpc) is 3.15. The van der Waals surface area contributed by atoms with E-state index in [0.717, 1.165) is 25.9 Å². The Labute approximate surface area is 181 Å². The zero-order valence-electron chi connectivity index (χ0n) is 16.6. The maximum absolute atomic E-state index is 12.0. The molecule has 5 rings (SSSR count). The number of piperidine rings is 1. The molecule has 5 heteroatoms. The number of rotatable bonds is 4. The van der Waals surface area contributed by atoms with Gasteiger partial charge in [0.1, 0.15) is 5.54 Å². The predicted molar refractivity (Wildman–Crippen MR) is 120 cm³/mol. The summed E-state index contributed by atoms with van der Waals surface area (Å²) in [6.45, 7) is 1.54. The van der Waals surface area contributed by atoms with Crippen molar-refractivity contribution in [3.63, 3.8) is 0 Å². The van der Waals surface area contributed by atoms with Crippen LogP contribution in [0.1, 0.15) is 30.0 Å². The van der Waals surface area contributed by atoms with Crippen LogP contribution in [0.4, 0.5) is 5.69 Å². The van der Waals surface area contributed by atoms with Crippen LogP contribution < -0.4 is 4.90 Å². The van der Waals surface area contributed by atoms with Gasteiger partial charge in [-0.2, -0.15) is 5.26 Å². The van der Waals surface area contributed by atoms with E-state index in [2.05, 4.69) is 47.4 Å². The van der Waals surface area contributed by atoms with Crippen LogP contribution in [-0.2, 0) is 11.2 Å². The molecule has 1 heterocycles. The van der Waals surface area contributed by atoms with Gasteiger partial charge in [-0.05, 0) is 59.4 Å². The minimum atomic E-state index is -0.847. The normalized spacial score (nSPS) is 20.1. The van der Waals surface area contributed by atoms with Crippen LogP contribution in [0.25, 0.3) is 10.8 Å². The van der Waals surface area contributed by atoms with Gasteiger partial charge in [-0.1, -0.05) is 54.1 Å². The fourth-order valence-electron chi connectivity index (χ4n) is 5.19. The lowest BCUT2D eigenvalue weighted by Crippen LogP contribution is -2.55. The van der Waals surface area contributed by atoms with Crippen LogP contribution in [0, 0.1) is 11.3 Å². The van der Waals surface area contributed by atoms with Crippen molar-refractivity contribution in [1.82, 2.24) is 4.90 Å². The van der Waals surface area contributed by atoms with E-state index >= 15 is 0 Å². The van der Waals surface area contributed by atoms with Gasteiger partial charge in [0.25, 0.3) is 0 Å². The second kappa shape index (κ2) is 7.43. The average molecular weight is 416 g/mol. The van der Waals surface area contributed by atoms with Gasteiger partial charge >= 0.3 is 0 Å². The number of benzene rings is 3. The minimum absolute atomic E-state index is 0.332. The van der Waals surface area contributed by atoms with Crippen molar-refractivity contribution in [2.45, 2.75) is 30.8 Å². The molecule has 0 radical (unpaired) electrons. The molecule has 1 atom stereocenters. The quantitative estimate of drug-likeness (QED) is 0.556. The highest BCUT2D eigenvalue weighted by Crippen LogP contribution is 2.42. The highest BCUT2D eigenvalue weighted by Gasteiger charge is 2.43. The maximum atomic E-state index is 12.0. The van der Waals surface area contributed by atoms with Crippen LogP contribution in [0.15, 0.2) is 60.7 Å². The fourth-order valence-corrected chi connectivity index (χ4v) is 5.37. The number of carbonyl (C=O) groups is 1. The number of amides is 1. The topological polar surface area (TPSA) is 47.3 Å². The lowest BCUT2D eigenvalue weighted by Gasteiger charge is -2.44. The van der Waals surface area contributed by atoms with Gasteiger partial charge in [0.05, 0.1) is 6.07 Å². The molecular weight excluding hydrogens is 394 g/mol. The summed E-state index contributed by atoms with van der Waals surface area (Å²) in [7, 11) is 0. The van der Waals surface area contributed by atoms with Gasteiger partial charge in [-0.15, -0.1) is 0 Å². The summed E-state index contributed by atoms with van der Waals surface area (Å²) in [4.78, 5) is 16.1. The molecule has 1 saturated heterocycles. The van der Waals surface area contributed by atoms with E-state index < -0.39 is 5.54 Å². The standard InChI is InChI=1S/C25H22ClN3O/c26-20-7-3-8-21(15-20)29(17-30)25(16-27)10-12-28(13-11-25)23-14-19-6-1-4-18-5-2-9-22(23)24(18)19/h1-9,15,17,23H,10-14H2. The number of nitrogens with zero attached hydrogens (tertiary/aromatic N) is 3. The van der Waals surface area contributed by atoms with Crippen molar-refractivity contribution in [2.75, 3.05) is 18.0 Å². The van der Waals surface area contributed by atoms with E-state index in [-0.39, 0.29) is 0 Å². The summed E-state index contributed by atoms with van der Waals surface area (Å²) in [5.41, 5.74) is 2.61. The molecule has 0 spiro atoms. The van der Waals surface area contributed by atoms with Crippen molar-refractivity contribution in [3.05, 3.63) is 76.8 Å². The van der Waals surface area contributed by atoms with Crippen molar-refractivity contribution in [1.29, 1.82) is 5.26 Å². The SMILES string of the molecule is N#CC1(N(C=O)c2cccc(Cl)c2)CCN(C2Cc3cccc4cccc2c34)CC1. The number of hydrogen-bond acceptors (Lipinski definition) is 3. The Morgan fingerprint density at radius 2 is 1.83 bits per heavy atom. The molecule has 0 aromatic heterocycles. The molecule has 2 aliphatic rings. The Bertz CT molecular complexity index is 1160. The number of nitriles is 1. The first kappa shape index (κ1) is 19.1. The van der Waals surface area contributed by atoms with Crippen molar-refractivity contribution in [3.8, 4) is 6.07 Å². The maximum Gasteiger partial charge on any atom is 0.215 e. The molecule has 1 fully saturated rings. The van der Waals surface area contributed by atoms with Gasteiger partial charge in [-0.3, -0.25) is 14.6 Å². The van der Waals surface area contributed by atoms with Crippen molar-refractivity contribution < 1.29 is 4.79 Å². The minimum Gasteiger partial charge on any atom is -0.296 e. The highest BCUT2D eigenvalue weighted by molar-refractivity contribution is 6.30. The van der Waals surface area contributed by atoms with Crippen LogP contribution in [0.3, 0.4) is 0 Å². The van der Waals surface area contributed by atoms with E-state index in [9.17, 15) is 10.1 Å². The van der Waals surface area contributed by atoms with Gasteiger partial charge in [-0.25, -0.2) is 0 Å². The molecule has 30 heavy (non-hydrogen) atoms. The van der Waals surface area contributed by atoms with Crippen LogP contribution >= 0.6 is 11.6 Å². The molecule has 4 nitrogen and oxygen atoms in total. The van der Waals surface area contributed by atoms with Gasteiger partial charge < -0.3 is 0 Å². The third kappa shape index (κ3) is 2.98. The van der Waals surface area contributed by atoms with Crippen LogP contribution in [0.5, 0.6) is 0 Å². The highest BCUT2D eigenvalue weighted by atomic mass is 35.5. The van der Waals surface area contributed by atoms with Crippen molar-refractivity contribution >= 4 is 34.5 Å². The molecule has 0 N–H and O–H groups in total. The first-order valence-corrected chi connectivity index (χ1v) is 10.7. The molecule has 1 unspecified atom stereocenters. The van der Waals surface area contributed by atoms with Gasteiger partial charge in [0.15, 0.2) is 0 Å². The zero-order valence-corrected chi connectivity index (χ0v) is 17.3. The Balaban J connectivity index is 1.40. The van der Waals surface area contributed by atoms with E-state index in [1.54, 1.807) is 17.0 Å². The first-order valence-electron chi connectivity index (χ1n) is 10.3. The number of halogens is 1.